The van der Waals surface area contributed by atoms with E-state index in [9.17, 15) is 23.5 Å². The first-order chi connectivity index (χ1) is 12.8. The molecule has 2 rings (SSSR count). The molecule has 27 heavy (non-hydrogen) atoms. The highest BCUT2D eigenvalue weighted by Crippen LogP contribution is 2.41. The van der Waals surface area contributed by atoms with Crippen LogP contribution in [0, 0.1) is 5.92 Å². The summed E-state index contributed by atoms with van der Waals surface area (Å²) in [4.78, 5) is 28.1. The van der Waals surface area contributed by atoms with E-state index >= 15 is 0 Å². The number of alkyl halides is 2. The molecule has 1 aromatic rings. The van der Waals surface area contributed by atoms with E-state index in [-0.39, 0.29) is 17.6 Å². The van der Waals surface area contributed by atoms with Gasteiger partial charge >= 0.3 is 11.6 Å². The van der Waals surface area contributed by atoms with Crippen LogP contribution in [0.3, 0.4) is 0 Å². The van der Waals surface area contributed by atoms with E-state index in [0.717, 1.165) is 19.0 Å². The number of carbonyl (C=O) groups excluding carboxylic acids is 1. The van der Waals surface area contributed by atoms with Gasteiger partial charge < -0.3 is 20.3 Å². The lowest BCUT2D eigenvalue weighted by atomic mass is 9.97. The minimum absolute atomic E-state index is 0.0426. The molecular weight excluding hydrogens is 364 g/mol. The quantitative estimate of drug-likeness (QED) is 0.617. The lowest BCUT2D eigenvalue weighted by Gasteiger charge is -2.21. The number of amides is 1. The third-order valence-corrected chi connectivity index (χ3v) is 4.54. The summed E-state index contributed by atoms with van der Waals surface area (Å²) in [7, 11) is 0. The van der Waals surface area contributed by atoms with Crippen LogP contribution in [-0.2, 0) is 9.53 Å². The fourth-order valence-electron chi connectivity index (χ4n) is 3.11. The van der Waals surface area contributed by atoms with Crippen LogP contribution in [-0.4, -0.2) is 50.4 Å². The third-order valence-electron chi connectivity index (χ3n) is 4.54. The van der Waals surface area contributed by atoms with Gasteiger partial charge in [-0.15, -0.1) is 0 Å². The summed E-state index contributed by atoms with van der Waals surface area (Å²) < 4.78 is 33.7. The van der Waals surface area contributed by atoms with Gasteiger partial charge in [-0.1, -0.05) is 26.7 Å². The molecule has 1 saturated heterocycles. The Labute approximate surface area is 155 Å². The highest BCUT2D eigenvalue weighted by Gasteiger charge is 2.59. The van der Waals surface area contributed by atoms with Crippen LogP contribution in [0.15, 0.2) is 17.1 Å². The van der Waals surface area contributed by atoms with Crippen molar-refractivity contribution in [3.8, 4) is 0 Å². The first-order valence-electron chi connectivity index (χ1n) is 8.98. The lowest BCUT2D eigenvalue weighted by molar-refractivity contribution is -0.141. The normalized spacial score (nSPS) is 24.3. The zero-order valence-corrected chi connectivity index (χ0v) is 15.3. The van der Waals surface area contributed by atoms with Crippen LogP contribution in [0.4, 0.5) is 14.6 Å². The maximum atomic E-state index is 14.1. The van der Waals surface area contributed by atoms with Crippen molar-refractivity contribution in [2.75, 3.05) is 11.9 Å². The van der Waals surface area contributed by atoms with E-state index in [4.69, 9.17) is 9.84 Å². The van der Waals surface area contributed by atoms with Crippen molar-refractivity contribution < 1.29 is 28.5 Å². The van der Waals surface area contributed by atoms with Gasteiger partial charge in [-0.2, -0.15) is 13.8 Å². The fourth-order valence-corrected chi connectivity index (χ4v) is 3.11. The van der Waals surface area contributed by atoms with E-state index in [0.29, 0.717) is 17.4 Å². The van der Waals surface area contributed by atoms with Gasteiger partial charge in [-0.05, 0) is 18.9 Å². The van der Waals surface area contributed by atoms with Gasteiger partial charge in [0.1, 0.15) is 11.9 Å². The lowest BCUT2D eigenvalue weighted by Crippen LogP contribution is -2.41. The molecule has 2 heterocycles. The van der Waals surface area contributed by atoms with Crippen molar-refractivity contribution in [3.63, 3.8) is 0 Å². The molecule has 0 aliphatic carbocycles. The first-order valence-corrected chi connectivity index (χ1v) is 8.98. The number of anilines is 1. The molecule has 0 unspecified atom stereocenters. The van der Waals surface area contributed by atoms with Crippen molar-refractivity contribution in [3.05, 3.63) is 22.7 Å². The van der Waals surface area contributed by atoms with E-state index in [1.54, 1.807) is 0 Å². The Balaban J connectivity index is 2.18. The molecule has 1 aliphatic heterocycles. The van der Waals surface area contributed by atoms with Gasteiger partial charge in [0.15, 0.2) is 6.10 Å². The van der Waals surface area contributed by atoms with Gasteiger partial charge in [0.05, 0.1) is 6.61 Å². The average Bonchev–Trinajstić information content (AvgIpc) is 2.84. The largest absolute Gasteiger partial charge is 0.394 e. The third kappa shape index (κ3) is 4.50. The molecule has 3 N–H and O–H groups in total. The molecule has 0 aromatic carbocycles. The minimum atomic E-state index is -3.78. The zero-order chi connectivity index (χ0) is 20.2. The van der Waals surface area contributed by atoms with Gasteiger partial charge in [-0.25, -0.2) is 4.79 Å². The minimum Gasteiger partial charge on any atom is -0.394 e. The molecule has 3 atom stereocenters. The van der Waals surface area contributed by atoms with Gasteiger partial charge in [0, 0.05) is 12.1 Å². The summed E-state index contributed by atoms with van der Waals surface area (Å²) in [5.41, 5.74) is -1.06. The van der Waals surface area contributed by atoms with Crippen LogP contribution in [0.2, 0.25) is 0 Å². The van der Waals surface area contributed by atoms with E-state index < -0.39 is 36.7 Å². The molecule has 1 amide bonds. The molecule has 1 aliphatic rings. The Morgan fingerprint density at radius 1 is 1.41 bits per heavy atom. The van der Waals surface area contributed by atoms with E-state index in [1.165, 1.54) is 6.07 Å². The van der Waals surface area contributed by atoms with Gasteiger partial charge in [0.2, 0.25) is 12.1 Å². The number of halogens is 2. The fraction of sp³-hybridized carbons (Fsp3) is 0.706. The maximum Gasteiger partial charge on any atom is 0.351 e. The van der Waals surface area contributed by atoms with Crippen LogP contribution in [0.5, 0.6) is 0 Å². The standard InChI is InChI=1S/C17H25F2N3O5/c1-3-5-10(6-4-2)14(25)20-12-7-8-22(16(26)21-12)15-17(18,19)13(24)11(9-23)27-15/h7-8,10-11,13,15,23-24H,3-6,9H2,1-2H3,(H,20,21,25,26)/t11-,13-,15-/m0/s1. The molecule has 0 bridgehead atoms. The monoisotopic (exact) mass is 389 g/mol. The average molecular weight is 389 g/mol. The van der Waals surface area contributed by atoms with Crippen LogP contribution >= 0.6 is 0 Å². The Morgan fingerprint density at radius 3 is 2.52 bits per heavy atom. The molecule has 152 valence electrons. The molecule has 8 nitrogen and oxygen atoms in total. The molecule has 0 saturated carbocycles. The van der Waals surface area contributed by atoms with Crippen molar-refractivity contribution in [2.24, 2.45) is 5.92 Å². The summed E-state index contributed by atoms with van der Waals surface area (Å²) in [6.45, 7) is 3.11. The summed E-state index contributed by atoms with van der Waals surface area (Å²) in [5.74, 6) is -4.32. The zero-order valence-electron chi connectivity index (χ0n) is 15.3. The van der Waals surface area contributed by atoms with Crippen molar-refractivity contribution in [1.82, 2.24) is 9.55 Å². The Morgan fingerprint density at radius 2 is 2.04 bits per heavy atom. The number of ether oxygens (including phenoxy) is 1. The first kappa shape index (κ1) is 21.4. The predicted octanol–water partition coefficient (Wildman–Crippen LogP) is 1.28. The Bertz CT molecular complexity index is 706. The number of aromatic nitrogens is 2. The van der Waals surface area contributed by atoms with Crippen LogP contribution in [0.1, 0.15) is 45.8 Å². The Hall–Kier alpha value is -1.91. The van der Waals surface area contributed by atoms with E-state index in [2.05, 4.69) is 10.3 Å². The summed E-state index contributed by atoms with van der Waals surface area (Å²) in [6, 6.07) is 1.21. The highest BCUT2D eigenvalue weighted by molar-refractivity contribution is 5.91. The second kappa shape index (κ2) is 8.85. The molecule has 10 heteroatoms. The number of rotatable bonds is 8. The number of aliphatic hydroxyl groups excluding tert-OH is 2. The van der Waals surface area contributed by atoms with Crippen molar-refractivity contribution in [1.29, 1.82) is 0 Å². The second-order valence-corrected chi connectivity index (χ2v) is 6.59. The number of nitrogens with one attached hydrogen (secondary N) is 1. The van der Waals surface area contributed by atoms with Gasteiger partial charge in [0.25, 0.3) is 0 Å². The summed E-state index contributed by atoms with van der Waals surface area (Å²) in [5, 5.41) is 21.1. The molecule has 1 aromatic heterocycles. The number of hydrogen-bond donors (Lipinski definition) is 3. The van der Waals surface area contributed by atoms with Crippen molar-refractivity contribution >= 4 is 11.7 Å². The molecule has 0 spiro atoms. The number of nitrogens with zero attached hydrogens (tertiary/aromatic N) is 2. The van der Waals surface area contributed by atoms with Crippen molar-refractivity contribution in [2.45, 2.75) is 63.9 Å². The molecular formula is C17H25F2N3O5. The highest BCUT2D eigenvalue weighted by atomic mass is 19.3. The van der Waals surface area contributed by atoms with Gasteiger partial charge in [-0.3, -0.25) is 9.36 Å². The number of hydrogen-bond acceptors (Lipinski definition) is 6. The van der Waals surface area contributed by atoms with Crippen LogP contribution < -0.4 is 11.0 Å². The maximum absolute atomic E-state index is 14.1. The SMILES string of the molecule is CCCC(CCC)C(=O)Nc1ccn([C@H]2O[C@@H](CO)[C@H](O)C2(F)F)c(=O)n1. The molecule has 0 radical (unpaired) electrons. The number of carbonyl (C=O) groups is 1. The topological polar surface area (TPSA) is 114 Å². The van der Waals surface area contributed by atoms with E-state index in [1.807, 2.05) is 13.8 Å². The molecule has 1 fully saturated rings. The second-order valence-electron chi connectivity index (χ2n) is 6.59. The predicted molar refractivity (Wildman–Crippen MR) is 92.4 cm³/mol. The summed E-state index contributed by atoms with van der Waals surface area (Å²) in [6.07, 6.45) is -1.79. The smallest absolute Gasteiger partial charge is 0.351 e. The van der Waals surface area contributed by atoms with Crippen LogP contribution in [0.25, 0.3) is 0 Å². The number of aliphatic hydroxyl groups is 2. The Kier molecular flexibility index (Phi) is 7.01. The summed E-state index contributed by atoms with van der Waals surface area (Å²) >= 11 is 0.